The van der Waals surface area contributed by atoms with E-state index in [1.54, 1.807) is 31.8 Å². The first kappa shape index (κ1) is 10.3. The van der Waals surface area contributed by atoms with Gasteiger partial charge in [0.05, 0.1) is 17.3 Å². The van der Waals surface area contributed by atoms with E-state index in [1.807, 2.05) is 0 Å². The average molecular weight is 191 g/mol. The molecule has 1 atom stereocenters. The molecule has 0 aliphatic heterocycles. The molecule has 74 valence electrons. The molecule has 4 nitrogen and oxygen atoms in total. The summed E-state index contributed by atoms with van der Waals surface area (Å²) in [5.41, 5.74) is 1.27. The van der Waals surface area contributed by atoms with E-state index in [4.69, 9.17) is 6.42 Å². The second-order valence-corrected chi connectivity index (χ2v) is 3.16. The van der Waals surface area contributed by atoms with Crippen molar-refractivity contribution >= 4 is 5.91 Å². The Morgan fingerprint density at radius 2 is 2.43 bits per heavy atom. The summed E-state index contributed by atoms with van der Waals surface area (Å²) in [4.78, 5) is 11.6. The first-order valence-corrected chi connectivity index (χ1v) is 4.32. The standard InChI is InChI=1S/C10H13N3O/c1-5-7(2)11-10(14)9-6-13(4)12-8(9)3/h1,6-7H,2-4H3,(H,11,14). The third-order valence-corrected chi connectivity index (χ3v) is 1.86. The van der Waals surface area contributed by atoms with Gasteiger partial charge >= 0.3 is 0 Å². The highest BCUT2D eigenvalue weighted by Gasteiger charge is 2.13. The van der Waals surface area contributed by atoms with Crippen molar-refractivity contribution in [2.45, 2.75) is 19.9 Å². The van der Waals surface area contributed by atoms with Crippen LogP contribution in [-0.4, -0.2) is 21.7 Å². The molecule has 0 aliphatic carbocycles. The predicted octanol–water partition coefficient (Wildman–Crippen LogP) is 0.480. The highest BCUT2D eigenvalue weighted by molar-refractivity contribution is 5.95. The Bertz CT molecular complexity index is 387. The molecule has 1 N–H and O–H groups in total. The Hall–Kier alpha value is -1.76. The van der Waals surface area contributed by atoms with Gasteiger partial charge in [-0.1, -0.05) is 5.92 Å². The molecule has 1 rings (SSSR count). The van der Waals surface area contributed by atoms with Crippen LogP contribution >= 0.6 is 0 Å². The maximum atomic E-state index is 11.6. The van der Waals surface area contributed by atoms with Gasteiger partial charge in [-0.2, -0.15) is 5.10 Å². The van der Waals surface area contributed by atoms with Crippen molar-refractivity contribution < 1.29 is 4.79 Å². The molecule has 1 heterocycles. The van der Waals surface area contributed by atoms with Gasteiger partial charge in [-0.15, -0.1) is 6.42 Å². The number of carbonyl (C=O) groups excluding carboxylic acids is 1. The minimum Gasteiger partial charge on any atom is -0.339 e. The van der Waals surface area contributed by atoms with Crippen LogP contribution in [0, 0.1) is 19.3 Å². The summed E-state index contributed by atoms with van der Waals surface area (Å²) in [6.07, 6.45) is 6.83. The van der Waals surface area contributed by atoms with Gasteiger partial charge in [0.1, 0.15) is 0 Å². The van der Waals surface area contributed by atoms with Gasteiger partial charge in [0.15, 0.2) is 0 Å². The lowest BCUT2D eigenvalue weighted by Crippen LogP contribution is -2.31. The van der Waals surface area contributed by atoms with Gasteiger partial charge in [0.25, 0.3) is 5.91 Å². The van der Waals surface area contributed by atoms with E-state index in [0.717, 1.165) is 0 Å². The zero-order valence-corrected chi connectivity index (χ0v) is 8.53. The van der Waals surface area contributed by atoms with Crippen molar-refractivity contribution in [1.82, 2.24) is 15.1 Å². The monoisotopic (exact) mass is 191 g/mol. The van der Waals surface area contributed by atoms with Crippen LogP contribution in [0.15, 0.2) is 6.20 Å². The largest absolute Gasteiger partial charge is 0.339 e. The Morgan fingerprint density at radius 3 is 2.86 bits per heavy atom. The second kappa shape index (κ2) is 3.97. The molecule has 0 aromatic carbocycles. The summed E-state index contributed by atoms with van der Waals surface area (Å²) in [6.45, 7) is 3.54. The van der Waals surface area contributed by atoms with Crippen LogP contribution in [-0.2, 0) is 7.05 Å². The summed E-state index contributed by atoms with van der Waals surface area (Å²) < 4.78 is 1.60. The number of nitrogens with one attached hydrogen (secondary N) is 1. The van der Waals surface area contributed by atoms with E-state index in [9.17, 15) is 4.79 Å². The van der Waals surface area contributed by atoms with Gasteiger partial charge in [0, 0.05) is 13.2 Å². The van der Waals surface area contributed by atoms with Crippen LogP contribution in [0.5, 0.6) is 0 Å². The third-order valence-electron chi connectivity index (χ3n) is 1.86. The zero-order valence-electron chi connectivity index (χ0n) is 8.53. The summed E-state index contributed by atoms with van der Waals surface area (Å²) in [7, 11) is 1.77. The van der Waals surface area contributed by atoms with E-state index in [0.29, 0.717) is 11.3 Å². The van der Waals surface area contributed by atoms with E-state index in [1.165, 1.54) is 0 Å². The molecule has 0 aliphatic rings. The van der Waals surface area contributed by atoms with E-state index in [-0.39, 0.29) is 11.9 Å². The van der Waals surface area contributed by atoms with E-state index >= 15 is 0 Å². The molecule has 0 bridgehead atoms. The van der Waals surface area contributed by atoms with Crippen molar-refractivity contribution in [2.75, 3.05) is 0 Å². The van der Waals surface area contributed by atoms with Gasteiger partial charge in [-0.3, -0.25) is 9.48 Å². The molecule has 0 fully saturated rings. The van der Waals surface area contributed by atoms with Crippen LogP contribution in [0.25, 0.3) is 0 Å². The fraction of sp³-hybridized carbons (Fsp3) is 0.400. The van der Waals surface area contributed by atoms with Crippen LogP contribution in [0.4, 0.5) is 0 Å². The first-order chi connectivity index (χ1) is 6.54. The molecule has 1 amide bonds. The van der Waals surface area contributed by atoms with Crippen molar-refractivity contribution in [2.24, 2.45) is 7.05 Å². The normalized spacial score (nSPS) is 11.9. The smallest absolute Gasteiger partial charge is 0.255 e. The minimum absolute atomic E-state index is 0.180. The van der Waals surface area contributed by atoms with Gasteiger partial charge in [0.2, 0.25) is 0 Å². The summed E-state index contributed by atoms with van der Waals surface area (Å²) in [6, 6.07) is -0.262. The summed E-state index contributed by atoms with van der Waals surface area (Å²) >= 11 is 0. The third kappa shape index (κ3) is 2.13. The molecule has 1 unspecified atom stereocenters. The summed E-state index contributed by atoms with van der Waals surface area (Å²) in [5.74, 6) is 2.25. The van der Waals surface area contributed by atoms with Gasteiger partial charge < -0.3 is 5.32 Å². The van der Waals surface area contributed by atoms with Crippen LogP contribution in [0.2, 0.25) is 0 Å². The van der Waals surface area contributed by atoms with Crippen molar-refractivity contribution in [3.05, 3.63) is 17.5 Å². The highest BCUT2D eigenvalue weighted by atomic mass is 16.1. The molecule has 1 aromatic rings. The second-order valence-electron chi connectivity index (χ2n) is 3.16. The lowest BCUT2D eigenvalue weighted by Gasteiger charge is -2.05. The Kier molecular flexibility index (Phi) is 2.92. The highest BCUT2D eigenvalue weighted by Crippen LogP contribution is 2.04. The first-order valence-electron chi connectivity index (χ1n) is 4.32. The number of terminal acetylenes is 1. The van der Waals surface area contributed by atoms with Gasteiger partial charge in [-0.05, 0) is 13.8 Å². The van der Waals surface area contributed by atoms with Gasteiger partial charge in [-0.25, -0.2) is 0 Å². The number of aromatic nitrogens is 2. The van der Waals surface area contributed by atoms with E-state index in [2.05, 4.69) is 16.3 Å². The minimum atomic E-state index is -0.262. The SMILES string of the molecule is C#CC(C)NC(=O)c1cn(C)nc1C. The Balaban J connectivity index is 2.80. The maximum Gasteiger partial charge on any atom is 0.255 e. The lowest BCUT2D eigenvalue weighted by molar-refractivity contribution is 0.0947. The fourth-order valence-corrected chi connectivity index (χ4v) is 1.14. The molecular formula is C10H13N3O. The summed E-state index contributed by atoms with van der Waals surface area (Å²) in [5, 5.41) is 6.74. The molecule has 4 heteroatoms. The number of rotatable bonds is 2. The topological polar surface area (TPSA) is 46.9 Å². The van der Waals surface area contributed by atoms with Crippen LogP contribution < -0.4 is 5.32 Å². The maximum absolute atomic E-state index is 11.6. The number of aryl methyl sites for hydroxylation is 2. The van der Waals surface area contributed by atoms with Crippen molar-refractivity contribution in [3.8, 4) is 12.3 Å². The lowest BCUT2D eigenvalue weighted by atomic mass is 10.2. The van der Waals surface area contributed by atoms with Crippen molar-refractivity contribution in [1.29, 1.82) is 0 Å². The van der Waals surface area contributed by atoms with Crippen LogP contribution in [0.3, 0.4) is 0 Å². The molecular weight excluding hydrogens is 178 g/mol. The number of hydrogen-bond donors (Lipinski definition) is 1. The quantitative estimate of drug-likeness (QED) is 0.691. The zero-order chi connectivity index (χ0) is 10.7. The molecule has 0 saturated carbocycles. The molecule has 0 spiro atoms. The molecule has 0 radical (unpaired) electrons. The molecule has 1 aromatic heterocycles. The number of carbonyl (C=O) groups is 1. The average Bonchev–Trinajstić information content (AvgIpc) is 2.45. The van der Waals surface area contributed by atoms with E-state index < -0.39 is 0 Å². The number of nitrogens with zero attached hydrogens (tertiary/aromatic N) is 2. The number of hydrogen-bond acceptors (Lipinski definition) is 2. The molecule has 0 saturated heterocycles. The predicted molar refractivity (Wildman–Crippen MR) is 53.7 cm³/mol. The van der Waals surface area contributed by atoms with Crippen LogP contribution in [0.1, 0.15) is 23.0 Å². The Morgan fingerprint density at radius 1 is 1.79 bits per heavy atom. The fourth-order valence-electron chi connectivity index (χ4n) is 1.14. The Labute approximate surface area is 83.3 Å². The van der Waals surface area contributed by atoms with Crippen molar-refractivity contribution in [3.63, 3.8) is 0 Å². The number of amides is 1. The molecule has 14 heavy (non-hydrogen) atoms.